The fourth-order valence-electron chi connectivity index (χ4n) is 3.02. The maximum atomic E-state index is 12.7. The molecule has 0 atom stereocenters. The summed E-state index contributed by atoms with van der Waals surface area (Å²) in [5, 5.41) is 2.77. The second-order valence-electron chi connectivity index (χ2n) is 6.53. The minimum Gasteiger partial charge on any atom is -0.454 e. The quantitative estimate of drug-likeness (QED) is 0.883. The molecule has 1 aromatic heterocycles. The van der Waals surface area contributed by atoms with Crippen LogP contribution in [0.1, 0.15) is 21.0 Å². The van der Waals surface area contributed by atoms with Gasteiger partial charge in [0.15, 0.2) is 11.5 Å². The van der Waals surface area contributed by atoms with Crippen LogP contribution < -0.4 is 14.8 Å². The minimum atomic E-state index is -0.387. The molecule has 2 aliphatic rings. The first-order chi connectivity index (χ1) is 13.1. The van der Waals surface area contributed by atoms with Gasteiger partial charge in [0.2, 0.25) is 6.79 Å². The number of piperazine rings is 1. The molecule has 4 rings (SSSR count). The number of benzene rings is 1. The molecule has 140 valence electrons. The van der Waals surface area contributed by atoms with Crippen molar-refractivity contribution in [2.45, 2.75) is 0 Å². The number of ether oxygens (including phenoxy) is 2. The molecule has 8 heteroatoms. The number of likely N-dealkylation sites (N-methyl/N-ethyl adjacent to an activating group) is 1. The minimum absolute atomic E-state index is 0.152. The molecule has 0 bridgehead atoms. The van der Waals surface area contributed by atoms with Gasteiger partial charge in [-0.2, -0.15) is 0 Å². The first kappa shape index (κ1) is 17.3. The molecular formula is C19H20N4O4. The molecule has 3 heterocycles. The monoisotopic (exact) mass is 368 g/mol. The van der Waals surface area contributed by atoms with Crippen LogP contribution in [0.25, 0.3) is 0 Å². The molecule has 27 heavy (non-hydrogen) atoms. The first-order valence-corrected chi connectivity index (χ1v) is 8.76. The molecule has 1 saturated heterocycles. The Morgan fingerprint density at radius 2 is 1.74 bits per heavy atom. The van der Waals surface area contributed by atoms with Gasteiger partial charge in [0.25, 0.3) is 11.8 Å². The molecule has 2 aromatic rings. The molecule has 2 aliphatic heterocycles. The zero-order valence-electron chi connectivity index (χ0n) is 15.0. The van der Waals surface area contributed by atoms with Crippen molar-refractivity contribution in [1.82, 2.24) is 14.8 Å². The Morgan fingerprint density at radius 1 is 1.00 bits per heavy atom. The summed E-state index contributed by atoms with van der Waals surface area (Å²) in [6, 6.07) is 10.1. The molecule has 1 N–H and O–H groups in total. The summed E-state index contributed by atoms with van der Waals surface area (Å²) in [6.45, 7) is 3.14. The number of hydrogen-bond donors (Lipinski definition) is 1. The number of carbonyl (C=O) groups is 2. The molecule has 0 saturated carbocycles. The second kappa shape index (κ2) is 7.24. The number of hydrogen-bond acceptors (Lipinski definition) is 6. The Bertz CT molecular complexity index is 878. The lowest BCUT2D eigenvalue weighted by atomic mass is 10.2. The summed E-state index contributed by atoms with van der Waals surface area (Å²) in [7, 11) is 2.03. The summed E-state index contributed by atoms with van der Waals surface area (Å²) in [5.41, 5.74) is 1.03. The van der Waals surface area contributed by atoms with E-state index in [0.29, 0.717) is 30.3 Å². The van der Waals surface area contributed by atoms with Crippen molar-refractivity contribution in [1.29, 1.82) is 0 Å². The van der Waals surface area contributed by atoms with Gasteiger partial charge in [0, 0.05) is 37.9 Å². The highest BCUT2D eigenvalue weighted by Gasteiger charge is 2.22. The summed E-state index contributed by atoms with van der Waals surface area (Å²) in [4.78, 5) is 33.4. The van der Waals surface area contributed by atoms with Gasteiger partial charge < -0.3 is 24.6 Å². The van der Waals surface area contributed by atoms with Crippen molar-refractivity contribution in [3.63, 3.8) is 0 Å². The van der Waals surface area contributed by atoms with Crippen molar-refractivity contribution < 1.29 is 19.1 Å². The maximum absolute atomic E-state index is 12.7. The average molecular weight is 368 g/mol. The molecule has 8 nitrogen and oxygen atoms in total. The number of rotatable bonds is 3. The van der Waals surface area contributed by atoms with Gasteiger partial charge in [-0.15, -0.1) is 0 Å². The number of fused-ring (bicyclic) bond motifs is 1. The highest BCUT2D eigenvalue weighted by Crippen LogP contribution is 2.34. The van der Waals surface area contributed by atoms with E-state index in [-0.39, 0.29) is 30.0 Å². The second-order valence-corrected chi connectivity index (χ2v) is 6.53. The van der Waals surface area contributed by atoms with Gasteiger partial charge in [-0.3, -0.25) is 9.59 Å². The molecular weight excluding hydrogens is 348 g/mol. The van der Waals surface area contributed by atoms with E-state index in [4.69, 9.17) is 9.47 Å². The highest BCUT2D eigenvalue weighted by molar-refractivity contribution is 6.04. The number of carbonyl (C=O) groups excluding carboxylic acids is 2. The average Bonchev–Trinajstić information content (AvgIpc) is 3.16. The number of aromatic nitrogens is 1. The molecule has 0 unspecified atom stereocenters. The van der Waals surface area contributed by atoms with E-state index >= 15 is 0 Å². The van der Waals surface area contributed by atoms with Crippen LogP contribution in [-0.2, 0) is 0 Å². The van der Waals surface area contributed by atoms with Crippen LogP contribution >= 0.6 is 0 Å². The highest BCUT2D eigenvalue weighted by atomic mass is 16.7. The van der Waals surface area contributed by atoms with Gasteiger partial charge in [-0.25, -0.2) is 4.98 Å². The van der Waals surface area contributed by atoms with Gasteiger partial charge in [-0.1, -0.05) is 6.07 Å². The van der Waals surface area contributed by atoms with E-state index in [1.54, 1.807) is 41.3 Å². The lowest BCUT2D eigenvalue weighted by Crippen LogP contribution is -2.47. The number of pyridine rings is 1. The lowest BCUT2D eigenvalue weighted by Gasteiger charge is -2.32. The molecule has 1 aromatic carbocycles. The van der Waals surface area contributed by atoms with Crippen molar-refractivity contribution in [3.8, 4) is 11.5 Å². The number of anilines is 1. The topological polar surface area (TPSA) is 84.0 Å². The molecule has 0 aliphatic carbocycles. The lowest BCUT2D eigenvalue weighted by molar-refractivity contribution is 0.0658. The van der Waals surface area contributed by atoms with E-state index in [9.17, 15) is 9.59 Å². The SMILES string of the molecule is CN1CCN(C(=O)c2cccc(C(=O)Nc3ccc4c(c3)OCO4)n2)CC1. The Hall–Kier alpha value is -3.13. The van der Waals surface area contributed by atoms with Crippen LogP contribution in [0, 0.1) is 0 Å². The van der Waals surface area contributed by atoms with Crippen LogP contribution in [0.3, 0.4) is 0 Å². The van der Waals surface area contributed by atoms with Crippen molar-refractivity contribution in [3.05, 3.63) is 47.8 Å². The van der Waals surface area contributed by atoms with Crippen LogP contribution in [-0.4, -0.2) is 66.6 Å². The van der Waals surface area contributed by atoms with Gasteiger partial charge >= 0.3 is 0 Å². The van der Waals surface area contributed by atoms with Crippen molar-refractivity contribution >= 4 is 17.5 Å². The van der Waals surface area contributed by atoms with E-state index in [1.807, 2.05) is 7.05 Å². The predicted molar refractivity (Wildman–Crippen MR) is 98.2 cm³/mol. The summed E-state index contributed by atoms with van der Waals surface area (Å²) in [6.07, 6.45) is 0. The largest absolute Gasteiger partial charge is 0.454 e. The number of nitrogens with one attached hydrogen (secondary N) is 1. The summed E-state index contributed by atoms with van der Waals surface area (Å²) >= 11 is 0. The molecule has 2 amide bonds. The van der Waals surface area contributed by atoms with Crippen LogP contribution in [0.5, 0.6) is 11.5 Å². The maximum Gasteiger partial charge on any atom is 0.274 e. The summed E-state index contributed by atoms with van der Waals surface area (Å²) < 4.78 is 10.6. The van der Waals surface area contributed by atoms with Gasteiger partial charge in [0.05, 0.1) is 0 Å². The Labute approximate surface area is 156 Å². The standard InChI is InChI=1S/C19H20N4O4/c1-22-7-9-23(10-8-22)19(25)15-4-2-3-14(21-15)18(24)20-13-5-6-16-17(11-13)27-12-26-16/h2-6,11H,7-10,12H2,1H3,(H,20,24). The third-order valence-corrected chi connectivity index (χ3v) is 4.62. The van der Waals surface area contributed by atoms with E-state index < -0.39 is 0 Å². The van der Waals surface area contributed by atoms with Crippen molar-refractivity contribution in [2.24, 2.45) is 0 Å². The zero-order valence-corrected chi connectivity index (χ0v) is 15.0. The van der Waals surface area contributed by atoms with Crippen LogP contribution in [0.15, 0.2) is 36.4 Å². The van der Waals surface area contributed by atoms with Gasteiger partial charge in [-0.05, 0) is 31.3 Å². The predicted octanol–water partition coefficient (Wildman–Crippen LogP) is 1.45. The fourth-order valence-corrected chi connectivity index (χ4v) is 3.02. The number of nitrogens with zero attached hydrogens (tertiary/aromatic N) is 3. The summed E-state index contributed by atoms with van der Waals surface area (Å²) in [5.74, 6) is 0.688. The molecule has 1 fully saturated rings. The van der Waals surface area contributed by atoms with E-state index in [1.165, 1.54) is 0 Å². The van der Waals surface area contributed by atoms with E-state index in [2.05, 4.69) is 15.2 Å². The zero-order chi connectivity index (χ0) is 18.8. The third-order valence-electron chi connectivity index (χ3n) is 4.62. The fraction of sp³-hybridized carbons (Fsp3) is 0.316. The first-order valence-electron chi connectivity index (χ1n) is 8.76. The van der Waals surface area contributed by atoms with Crippen molar-refractivity contribution in [2.75, 3.05) is 45.3 Å². The molecule has 0 spiro atoms. The van der Waals surface area contributed by atoms with E-state index in [0.717, 1.165) is 13.1 Å². The van der Waals surface area contributed by atoms with Crippen LogP contribution in [0.4, 0.5) is 5.69 Å². The molecule has 0 radical (unpaired) electrons. The third kappa shape index (κ3) is 3.70. The smallest absolute Gasteiger partial charge is 0.274 e. The normalized spacial score (nSPS) is 16.3. The Balaban J connectivity index is 1.47. The van der Waals surface area contributed by atoms with Crippen LogP contribution in [0.2, 0.25) is 0 Å². The Kier molecular flexibility index (Phi) is 4.64. The Morgan fingerprint density at radius 3 is 2.56 bits per heavy atom. The number of amides is 2. The van der Waals surface area contributed by atoms with Gasteiger partial charge in [0.1, 0.15) is 11.4 Å².